The van der Waals surface area contributed by atoms with Crippen LogP contribution in [-0.4, -0.2) is 30.0 Å². The molecule has 2 saturated carbocycles. The molecule has 4 heterocycles. The Morgan fingerprint density at radius 2 is 2.03 bits per heavy atom. The number of fused-ring (bicyclic) bond motifs is 2. The molecule has 1 N–H and O–H groups in total. The molecule has 4 aromatic rings. The Labute approximate surface area is 208 Å². The number of amides is 1. The first-order valence-electron chi connectivity index (χ1n) is 12.7. The van der Waals surface area contributed by atoms with Gasteiger partial charge in [-0.15, -0.1) is 0 Å². The third-order valence-electron chi connectivity index (χ3n) is 8.07. The minimum atomic E-state index is -0.564. The van der Waals surface area contributed by atoms with Crippen molar-refractivity contribution in [2.24, 2.45) is 0 Å². The zero-order valence-electron chi connectivity index (χ0n) is 20.2. The smallest absolute Gasteiger partial charge is 0.259 e. The van der Waals surface area contributed by atoms with Crippen LogP contribution in [0.5, 0.6) is 0 Å². The van der Waals surface area contributed by atoms with Crippen molar-refractivity contribution in [3.05, 3.63) is 77.4 Å². The first-order chi connectivity index (χ1) is 17.5. The van der Waals surface area contributed by atoms with Crippen LogP contribution in [0.2, 0.25) is 0 Å². The lowest BCUT2D eigenvalue weighted by Gasteiger charge is -2.41. The molecule has 2 fully saturated rings. The van der Waals surface area contributed by atoms with Gasteiger partial charge in [-0.25, -0.2) is 19.3 Å². The summed E-state index contributed by atoms with van der Waals surface area (Å²) >= 11 is 0. The van der Waals surface area contributed by atoms with Crippen molar-refractivity contribution in [2.45, 2.75) is 63.3 Å². The highest BCUT2D eigenvalue weighted by molar-refractivity contribution is 6.04. The quantitative estimate of drug-likeness (QED) is 0.406. The van der Waals surface area contributed by atoms with Crippen molar-refractivity contribution in [1.29, 1.82) is 0 Å². The number of benzene rings is 1. The molecule has 7 rings (SSSR count). The third-order valence-corrected chi connectivity index (χ3v) is 8.07. The molecule has 1 amide bonds. The zero-order chi connectivity index (χ0) is 24.4. The van der Waals surface area contributed by atoms with Crippen molar-refractivity contribution in [2.75, 3.05) is 5.32 Å². The number of carbonyl (C=O) groups is 1. The second-order valence-electron chi connectivity index (χ2n) is 10.4. The summed E-state index contributed by atoms with van der Waals surface area (Å²) in [6, 6.07) is 8.47. The summed E-state index contributed by atoms with van der Waals surface area (Å²) in [6.45, 7) is 1.83. The molecule has 3 aliphatic rings. The van der Waals surface area contributed by atoms with Gasteiger partial charge in [-0.1, -0.05) is 6.07 Å². The topological polar surface area (TPSA) is 77.6 Å². The summed E-state index contributed by atoms with van der Waals surface area (Å²) in [7, 11) is 0. The average Bonchev–Trinajstić information content (AvgIpc) is 3.25. The Bertz CT molecular complexity index is 1510. The van der Waals surface area contributed by atoms with Gasteiger partial charge in [-0.2, -0.15) is 0 Å². The van der Waals surface area contributed by atoms with Gasteiger partial charge in [0, 0.05) is 29.5 Å². The van der Waals surface area contributed by atoms with Crippen LogP contribution in [0.1, 0.15) is 71.8 Å². The van der Waals surface area contributed by atoms with Crippen LogP contribution in [0.4, 0.5) is 10.2 Å². The summed E-state index contributed by atoms with van der Waals surface area (Å²) in [5.41, 5.74) is 4.63. The number of nitrogens with zero attached hydrogens (tertiary/aromatic N) is 5. The monoisotopic (exact) mass is 482 g/mol. The summed E-state index contributed by atoms with van der Waals surface area (Å²) in [5.74, 6) is 0.628. The highest BCUT2D eigenvalue weighted by Gasteiger charge is 2.45. The Morgan fingerprint density at radius 1 is 1.17 bits per heavy atom. The van der Waals surface area contributed by atoms with Gasteiger partial charge in [0.1, 0.15) is 17.3 Å². The van der Waals surface area contributed by atoms with Crippen LogP contribution in [-0.2, 0) is 12.0 Å². The van der Waals surface area contributed by atoms with Crippen LogP contribution in [0, 0.1) is 12.7 Å². The SMILES string of the molecule is Cc1cc(F)c(C(=O)Nc2cccc(-c3ncc4n3C3(CCC3)CC4)n2)cc1-n1cnc(C2CC2)c1. The van der Waals surface area contributed by atoms with Crippen LogP contribution in [0.25, 0.3) is 17.2 Å². The highest BCUT2D eigenvalue weighted by Crippen LogP contribution is 2.49. The van der Waals surface area contributed by atoms with E-state index >= 15 is 0 Å². The second-order valence-corrected chi connectivity index (χ2v) is 10.4. The maximum Gasteiger partial charge on any atom is 0.259 e. The molecule has 0 unspecified atom stereocenters. The number of halogens is 1. The predicted molar refractivity (Wildman–Crippen MR) is 134 cm³/mol. The first kappa shape index (κ1) is 21.5. The van der Waals surface area contributed by atoms with Gasteiger partial charge in [0.25, 0.3) is 5.91 Å². The van der Waals surface area contributed by atoms with E-state index in [-0.39, 0.29) is 11.1 Å². The molecule has 0 atom stereocenters. The molecular weight excluding hydrogens is 455 g/mol. The highest BCUT2D eigenvalue weighted by atomic mass is 19.1. The van der Waals surface area contributed by atoms with Crippen molar-refractivity contribution in [3.8, 4) is 17.2 Å². The Kier molecular flexibility index (Phi) is 4.68. The number of imidazole rings is 2. The number of anilines is 1. The van der Waals surface area contributed by atoms with E-state index in [2.05, 4.69) is 24.8 Å². The number of aryl methyl sites for hydroxylation is 2. The maximum atomic E-state index is 14.9. The molecule has 182 valence electrons. The van der Waals surface area contributed by atoms with Gasteiger partial charge in [-0.05, 0) is 81.7 Å². The fourth-order valence-electron chi connectivity index (χ4n) is 5.79. The minimum Gasteiger partial charge on any atom is -0.321 e. The van der Waals surface area contributed by atoms with E-state index in [9.17, 15) is 9.18 Å². The maximum absolute atomic E-state index is 14.9. The van der Waals surface area contributed by atoms with Gasteiger partial charge in [0.15, 0.2) is 5.82 Å². The standard InChI is InChI=1S/C28H27FN6O/c1-17-12-21(29)20(13-24(17)34-15-23(31-16-34)18-6-7-18)27(36)33-25-5-2-4-22(32-25)26-30-14-19-8-11-28(35(19)26)9-3-10-28/h2,4-5,12-16,18H,3,6-11H2,1H3,(H,32,33,36). The Hall–Kier alpha value is -3.81. The van der Waals surface area contributed by atoms with Crippen LogP contribution >= 0.6 is 0 Å². The van der Waals surface area contributed by atoms with Gasteiger partial charge in [0.05, 0.1) is 23.3 Å². The number of pyridine rings is 1. The van der Waals surface area contributed by atoms with Crippen molar-refractivity contribution >= 4 is 11.7 Å². The number of hydrogen-bond donors (Lipinski definition) is 1. The lowest BCUT2D eigenvalue weighted by molar-refractivity contribution is 0.102. The zero-order valence-corrected chi connectivity index (χ0v) is 20.2. The van der Waals surface area contributed by atoms with Crippen molar-refractivity contribution < 1.29 is 9.18 Å². The summed E-state index contributed by atoms with van der Waals surface area (Å²) < 4.78 is 19.1. The number of hydrogen-bond acceptors (Lipinski definition) is 4. The van der Waals surface area contributed by atoms with Crippen molar-refractivity contribution in [3.63, 3.8) is 0 Å². The molecule has 0 radical (unpaired) electrons. The van der Waals surface area contributed by atoms with Crippen molar-refractivity contribution in [1.82, 2.24) is 24.1 Å². The molecule has 1 aromatic carbocycles. The average molecular weight is 483 g/mol. The molecule has 7 nitrogen and oxygen atoms in total. The van der Waals surface area contributed by atoms with Crippen LogP contribution in [0.15, 0.2) is 49.1 Å². The van der Waals surface area contributed by atoms with E-state index in [0.29, 0.717) is 17.4 Å². The molecule has 2 aliphatic carbocycles. The number of aromatic nitrogens is 5. The molecule has 1 spiro atoms. The molecule has 3 aromatic heterocycles. The number of carbonyl (C=O) groups excluding carboxylic acids is 1. The van der Waals surface area contributed by atoms with E-state index in [4.69, 9.17) is 0 Å². The van der Waals surface area contributed by atoms with Crippen LogP contribution in [0.3, 0.4) is 0 Å². The third kappa shape index (κ3) is 3.38. The fourth-order valence-corrected chi connectivity index (χ4v) is 5.79. The molecule has 1 aliphatic heterocycles. The molecule has 36 heavy (non-hydrogen) atoms. The van der Waals surface area contributed by atoms with E-state index in [1.807, 2.05) is 36.0 Å². The molecule has 0 saturated heterocycles. The second kappa shape index (κ2) is 7.85. The summed E-state index contributed by atoms with van der Waals surface area (Å²) in [4.78, 5) is 27.0. The normalized spacial score (nSPS) is 17.7. The van der Waals surface area contributed by atoms with E-state index in [0.717, 1.165) is 48.5 Å². The van der Waals surface area contributed by atoms with Gasteiger partial charge in [0.2, 0.25) is 0 Å². The van der Waals surface area contributed by atoms with Gasteiger partial charge < -0.3 is 14.5 Å². The van der Waals surface area contributed by atoms with Gasteiger partial charge in [-0.3, -0.25) is 4.79 Å². The summed E-state index contributed by atoms with van der Waals surface area (Å²) in [6.07, 6.45) is 13.8. The molecule has 0 bridgehead atoms. The van der Waals surface area contributed by atoms with E-state index in [1.54, 1.807) is 18.5 Å². The Balaban J connectivity index is 1.17. The first-order valence-corrected chi connectivity index (χ1v) is 12.7. The summed E-state index contributed by atoms with van der Waals surface area (Å²) in [5, 5.41) is 2.80. The van der Waals surface area contributed by atoms with Gasteiger partial charge >= 0.3 is 0 Å². The predicted octanol–water partition coefficient (Wildman–Crippen LogP) is 5.53. The van der Waals surface area contributed by atoms with Crippen LogP contribution < -0.4 is 5.32 Å². The fraction of sp³-hybridized carbons (Fsp3) is 0.357. The molecular formula is C28H27FN6O. The lowest BCUT2D eigenvalue weighted by atomic mass is 9.75. The minimum absolute atomic E-state index is 0.0281. The molecule has 8 heteroatoms. The number of rotatable bonds is 5. The lowest BCUT2D eigenvalue weighted by Crippen LogP contribution is -2.38. The van der Waals surface area contributed by atoms with E-state index in [1.165, 1.54) is 31.0 Å². The van der Waals surface area contributed by atoms with E-state index < -0.39 is 11.7 Å². The largest absolute Gasteiger partial charge is 0.321 e. The Morgan fingerprint density at radius 3 is 2.81 bits per heavy atom. The number of nitrogens with one attached hydrogen (secondary N) is 1.